The minimum Gasteiger partial charge on any atom is -0.384 e. The number of hydrogen-bond acceptors (Lipinski definition) is 3. The molecule has 0 aliphatic carbocycles. The second-order valence-corrected chi connectivity index (χ2v) is 4.74. The van der Waals surface area contributed by atoms with Crippen LogP contribution in [0.2, 0.25) is 0 Å². The predicted octanol–water partition coefficient (Wildman–Crippen LogP) is 1.40. The molecular weight excluding hydrogens is 254 g/mol. The van der Waals surface area contributed by atoms with Gasteiger partial charge in [-0.2, -0.15) is 0 Å². The number of aromatic amines is 2. The quantitative estimate of drug-likeness (QED) is 0.578. The third-order valence-corrected chi connectivity index (χ3v) is 3.36. The lowest BCUT2D eigenvalue weighted by atomic mass is 9.99. The van der Waals surface area contributed by atoms with E-state index in [0.717, 1.165) is 22.2 Å². The van der Waals surface area contributed by atoms with E-state index < -0.39 is 6.10 Å². The van der Waals surface area contributed by atoms with E-state index in [1.807, 2.05) is 24.3 Å². The number of rotatable bonds is 3. The molecule has 0 spiro atoms. The minimum absolute atomic E-state index is 0.253. The maximum atomic E-state index is 11.2. The van der Waals surface area contributed by atoms with Crippen molar-refractivity contribution in [3.8, 4) is 0 Å². The summed E-state index contributed by atoms with van der Waals surface area (Å²) in [6, 6.07) is 12.9. The molecule has 0 aliphatic heterocycles. The maximum Gasteiger partial charge on any atom is 0.323 e. The summed E-state index contributed by atoms with van der Waals surface area (Å²) in [6.07, 6.45) is -0.746. The predicted molar refractivity (Wildman–Crippen MR) is 77.3 cm³/mol. The molecule has 0 bridgehead atoms. The number of H-pyrrole nitrogens is 2. The number of nitrogens with one attached hydrogen (secondary N) is 2. The van der Waals surface area contributed by atoms with Gasteiger partial charge in [0.2, 0.25) is 0 Å². The van der Waals surface area contributed by atoms with Crippen molar-refractivity contribution in [3.05, 3.63) is 69.6 Å². The second kappa shape index (κ2) is 4.96. The summed E-state index contributed by atoms with van der Waals surface area (Å²) in [4.78, 5) is 16.6. The first-order valence-corrected chi connectivity index (χ1v) is 6.36. The van der Waals surface area contributed by atoms with Crippen molar-refractivity contribution in [3.63, 3.8) is 0 Å². The lowest BCUT2D eigenvalue weighted by molar-refractivity contribution is 0.220. The van der Waals surface area contributed by atoms with Gasteiger partial charge in [0.15, 0.2) is 0 Å². The lowest BCUT2D eigenvalue weighted by Crippen LogP contribution is -2.02. The van der Waals surface area contributed by atoms with Crippen LogP contribution in [0.5, 0.6) is 0 Å². The van der Waals surface area contributed by atoms with E-state index >= 15 is 0 Å². The molecule has 1 aromatic heterocycles. The molecule has 20 heavy (non-hydrogen) atoms. The van der Waals surface area contributed by atoms with Crippen molar-refractivity contribution in [1.29, 1.82) is 0 Å². The fourth-order valence-corrected chi connectivity index (χ4v) is 2.30. The van der Waals surface area contributed by atoms with Crippen molar-refractivity contribution in [2.75, 3.05) is 0 Å². The fraction of sp³-hybridized carbons (Fsp3) is 0.133. The molecular formula is C15H15N3O2. The minimum atomic E-state index is -0.746. The zero-order valence-electron chi connectivity index (χ0n) is 10.8. The fourth-order valence-electron chi connectivity index (χ4n) is 2.30. The Morgan fingerprint density at radius 1 is 1.05 bits per heavy atom. The first-order chi connectivity index (χ1) is 9.67. The van der Waals surface area contributed by atoms with Crippen molar-refractivity contribution < 1.29 is 5.11 Å². The van der Waals surface area contributed by atoms with Gasteiger partial charge in [0.25, 0.3) is 0 Å². The molecule has 1 atom stereocenters. The van der Waals surface area contributed by atoms with Gasteiger partial charge in [-0.05, 0) is 28.8 Å². The molecule has 1 heterocycles. The Kier molecular flexibility index (Phi) is 3.14. The van der Waals surface area contributed by atoms with Crippen molar-refractivity contribution >= 4 is 11.0 Å². The van der Waals surface area contributed by atoms with Crippen LogP contribution in [0.25, 0.3) is 11.0 Å². The summed E-state index contributed by atoms with van der Waals surface area (Å²) in [7, 11) is 0. The highest BCUT2D eigenvalue weighted by molar-refractivity contribution is 5.75. The number of aliphatic hydroxyl groups is 1. The van der Waals surface area contributed by atoms with Crippen LogP contribution in [-0.4, -0.2) is 15.1 Å². The number of fused-ring (bicyclic) bond motifs is 1. The normalized spacial score (nSPS) is 12.7. The molecule has 0 saturated carbocycles. The molecule has 0 amide bonds. The van der Waals surface area contributed by atoms with Gasteiger partial charge in [-0.15, -0.1) is 0 Å². The average molecular weight is 269 g/mol. The van der Waals surface area contributed by atoms with Gasteiger partial charge in [-0.1, -0.05) is 30.3 Å². The van der Waals surface area contributed by atoms with E-state index in [1.165, 1.54) is 0 Å². The smallest absolute Gasteiger partial charge is 0.323 e. The van der Waals surface area contributed by atoms with E-state index in [2.05, 4.69) is 9.97 Å². The van der Waals surface area contributed by atoms with E-state index in [0.29, 0.717) is 12.1 Å². The summed E-state index contributed by atoms with van der Waals surface area (Å²) < 4.78 is 0. The molecule has 102 valence electrons. The Balaban J connectivity index is 2.02. The highest BCUT2D eigenvalue weighted by atomic mass is 16.3. The van der Waals surface area contributed by atoms with Crippen LogP contribution in [-0.2, 0) is 6.54 Å². The number of aromatic nitrogens is 2. The molecule has 2 aromatic carbocycles. The second-order valence-electron chi connectivity index (χ2n) is 4.74. The molecule has 0 radical (unpaired) electrons. The summed E-state index contributed by atoms with van der Waals surface area (Å²) in [5.74, 6) is 0. The highest BCUT2D eigenvalue weighted by Crippen LogP contribution is 2.24. The van der Waals surface area contributed by atoms with Crippen molar-refractivity contribution in [2.24, 2.45) is 5.73 Å². The van der Waals surface area contributed by atoms with Crippen LogP contribution in [0.4, 0.5) is 0 Å². The van der Waals surface area contributed by atoms with Crippen LogP contribution in [0.3, 0.4) is 0 Å². The van der Waals surface area contributed by atoms with Gasteiger partial charge >= 0.3 is 5.69 Å². The van der Waals surface area contributed by atoms with Gasteiger partial charge in [0, 0.05) is 6.54 Å². The molecule has 0 aliphatic rings. The maximum absolute atomic E-state index is 11.2. The lowest BCUT2D eigenvalue weighted by Gasteiger charge is -2.12. The summed E-state index contributed by atoms with van der Waals surface area (Å²) in [5.41, 5.74) is 9.24. The van der Waals surface area contributed by atoms with Crippen LogP contribution in [0, 0.1) is 0 Å². The number of benzene rings is 2. The van der Waals surface area contributed by atoms with E-state index in [-0.39, 0.29) is 5.69 Å². The molecule has 1 unspecified atom stereocenters. The highest BCUT2D eigenvalue weighted by Gasteiger charge is 2.12. The van der Waals surface area contributed by atoms with Gasteiger partial charge in [0.1, 0.15) is 6.10 Å². The Labute approximate surface area is 115 Å². The Morgan fingerprint density at radius 2 is 1.80 bits per heavy atom. The molecule has 0 fully saturated rings. The Hall–Kier alpha value is -2.37. The first-order valence-electron chi connectivity index (χ1n) is 6.36. The van der Waals surface area contributed by atoms with Gasteiger partial charge in [-0.25, -0.2) is 4.79 Å². The monoisotopic (exact) mass is 269 g/mol. The van der Waals surface area contributed by atoms with Crippen LogP contribution >= 0.6 is 0 Å². The number of imidazole rings is 1. The SMILES string of the molecule is NCc1cccc(C(O)c2ccc3[nH]c(=O)[nH]c3c2)c1. The summed E-state index contributed by atoms with van der Waals surface area (Å²) in [5, 5.41) is 10.4. The molecule has 3 aromatic rings. The number of nitrogens with two attached hydrogens (primary N) is 1. The molecule has 5 nitrogen and oxygen atoms in total. The van der Waals surface area contributed by atoms with Crippen molar-refractivity contribution in [1.82, 2.24) is 9.97 Å². The zero-order chi connectivity index (χ0) is 14.1. The summed E-state index contributed by atoms with van der Waals surface area (Å²) in [6.45, 7) is 0.435. The largest absolute Gasteiger partial charge is 0.384 e. The molecule has 0 saturated heterocycles. The zero-order valence-corrected chi connectivity index (χ0v) is 10.8. The molecule has 3 rings (SSSR count). The third kappa shape index (κ3) is 2.24. The van der Waals surface area contributed by atoms with E-state index in [4.69, 9.17) is 5.73 Å². The van der Waals surface area contributed by atoms with Crippen LogP contribution in [0.1, 0.15) is 22.8 Å². The third-order valence-electron chi connectivity index (χ3n) is 3.36. The molecule has 5 N–H and O–H groups in total. The topological polar surface area (TPSA) is 94.9 Å². The van der Waals surface area contributed by atoms with Crippen LogP contribution in [0.15, 0.2) is 47.3 Å². The van der Waals surface area contributed by atoms with E-state index in [1.54, 1.807) is 18.2 Å². The number of hydrogen-bond donors (Lipinski definition) is 4. The van der Waals surface area contributed by atoms with Crippen molar-refractivity contribution in [2.45, 2.75) is 12.6 Å². The van der Waals surface area contributed by atoms with E-state index in [9.17, 15) is 9.90 Å². The average Bonchev–Trinajstić information content (AvgIpc) is 2.85. The van der Waals surface area contributed by atoms with Gasteiger partial charge in [0.05, 0.1) is 11.0 Å². The molecule has 5 heteroatoms. The van der Waals surface area contributed by atoms with Crippen LogP contribution < -0.4 is 11.4 Å². The van der Waals surface area contributed by atoms with Gasteiger partial charge < -0.3 is 20.8 Å². The number of aliphatic hydroxyl groups excluding tert-OH is 1. The van der Waals surface area contributed by atoms with Gasteiger partial charge in [-0.3, -0.25) is 0 Å². The Morgan fingerprint density at radius 3 is 2.60 bits per heavy atom. The standard InChI is InChI=1S/C15H15N3O2/c16-8-9-2-1-3-10(6-9)14(19)11-4-5-12-13(7-11)18-15(20)17-12/h1-7,14,19H,8,16H2,(H2,17,18,20). The first kappa shape index (κ1) is 12.7. The summed E-state index contributed by atoms with van der Waals surface area (Å²) >= 11 is 0. The Bertz CT molecular complexity index is 804.